The molecule has 1 fully saturated rings. The Hall–Kier alpha value is -2.52. The second-order valence-corrected chi connectivity index (χ2v) is 7.99. The van der Waals surface area contributed by atoms with E-state index in [-0.39, 0.29) is 17.0 Å². The number of anilines is 1. The number of likely N-dealkylation sites (tertiary alicyclic amines) is 1. The molecule has 0 atom stereocenters. The summed E-state index contributed by atoms with van der Waals surface area (Å²) in [6.45, 7) is 6.19. The first-order valence-electron chi connectivity index (χ1n) is 10.6. The maximum atomic E-state index is 12.4. The van der Waals surface area contributed by atoms with E-state index < -0.39 is 0 Å². The Balaban J connectivity index is 1.47. The van der Waals surface area contributed by atoms with Gasteiger partial charge in [0.25, 0.3) is 0 Å². The first-order chi connectivity index (χ1) is 14.5. The van der Waals surface area contributed by atoms with Crippen molar-refractivity contribution in [2.45, 2.75) is 45.7 Å². The van der Waals surface area contributed by atoms with E-state index in [9.17, 15) is 9.59 Å². The maximum Gasteiger partial charge on any atom is 0.363 e. The molecule has 1 aliphatic heterocycles. The fourth-order valence-electron chi connectivity index (χ4n) is 4.03. The van der Waals surface area contributed by atoms with E-state index in [1.807, 2.05) is 37.3 Å². The van der Waals surface area contributed by atoms with Crippen molar-refractivity contribution < 1.29 is 9.53 Å². The lowest BCUT2D eigenvalue weighted by Gasteiger charge is -2.41. The number of amides is 1. The van der Waals surface area contributed by atoms with Gasteiger partial charge in [0, 0.05) is 32.3 Å². The van der Waals surface area contributed by atoms with Gasteiger partial charge in [-0.25, -0.2) is 4.79 Å². The Labute approximate surface area is 177 Å². The number of nitrogens with one attached hydrogen (secondary N) is 1. The fourth-order valence-corrected chi connectivity index (χ4v) is 4.03. The Morgan fingerprint density at radius 3 is 2.47 bits per heavy atom. The largest absolute Gasteiger partial charge is 0.384 e. The summed E-state index contributed by atoms with van der Waals surface area (Å²) >= 11 is 0. The lowest BCUT2D eigenvalue weighted by atomic mass is 9.75. The van der Waals surface area contributed by atoms with Crippen LogP contribution in [0.2, 0.25) is 0 Å². The Bertz CT molecular complexity index is 855. The first-order valence-corrected chi connectivity index (χ1v) is 10.6. The van der Waals surface area contributed by atoms with Crippen LogP contribution in [-0.4, -0.2) is 63.9 Å². The number of rotatable bonds is 10. The number of hydrogen-bond donors (Lipinski definition) is 1. The van der Waals surface area contributed by atoms with Crippen LogP contribution in [0.3, 0.4) is 0 Å². The molecule has 0 radical (unpaired) electrons. The molecule has 9 nitrogen and oxygen atoms in total. The summed E-state index contributed by atoms with van der Waals surface area (Å²) < 4.78 is 8.30. The van der Waals surface area contributed by atoms with Gasteiger partial charge in [-0.1, -0.05) is 18.2 Å². The molecule has 1 N–H and O–H groups in total. The molecule has 1 aromatic carbocycles. The van der Waals surface area contributed by atoms with E-state index in [1.54, 1.807) is 7.11 Å². The number of aryl methyl sites for hydroxylation is 1. The van der Waals surface area contributed by atoms with Crippen LogP contribution in [0.4, 0.5) is 5.69 Å². The summed E-state index contributed by atoms with van der Waals surface area (Å²) in [5, 5.41) is 10.8. The number of methoxy groups -OCH3 is 1. The molecule has 3 rings (SSSR count). The second kappa shape index (κ2) is 10.5. The lowest BCUT2D eigenvalue weighted by Crippen LogP contribution is -2.44. The molecule has 0 saturated carbocycles. The molecular weight excluding hydrogens is 384 g/mol. The van der Waals surface area contributed by atoms with Crippen molar-refractivity contribution in [3.63, 3.8) is 0 Å². The molecular formula is C21H32N6O3. The third kappa shape index (κ3) is 5.76. The number of benzene rings is 1. The standard InChI is InChI=1S/C21H32N6O3/c1-3-26-20(29)27(24-23-26)16-15-25-13-11-21(12-14-25,17-30-2)10-9-19(28)22-18-7-5-4-6-8-18/h4-8H,3,9-17H2,1-2H3,(H,22,28). The van der Waals surface area contributed by atoms with E-state index in [0.717, 1.165) is 44.6 Å². The summed E-state index contributed by atoms with van der Waals surface area (Å²) in [4.78, 5) is 26.8. The number of piperidine rings is 1. The van der Waals surface area contributed by atoms with Crippen molar-refractivity contribution >= 4 is 11.6 Å². The summed E-state index contributed by atoms with van der Waals surface area (Å²) in [6.07, 6.45) is 3.22. The molecule has 1 amide bonds. The van der Waals surface area contributed by atoms with Gasteiger partial charge < -0.3 is 15.0 Å². The third-order valence-electron chi connectivity index (χ3n) is 5.93. The number of carbonyl (C=O) groups is 1. The molecule has 0 aliphatic carbocycles. The highest BCUT2D eigenvalue weighted by molar-refractivity contribution is 5.90. The van der Waals surface area contributed by atoms with E-state index in [0.29, 0.717) is 26.1 Å². The molecule has 1 aromatic heterocycles. The van der Waals surface area contributed by atoms with Crippen LogP contribution in [0.15, 0.2) is 35.1 Å². The number of aromatic nitrogens is 4. The molecule has 9 heteroatoms. The molecule has 30 heavy (non-hydrogen) atoms. The Morgan fingerprint density at radius 1 is 1.13 bits per heavy atom. The molecule has 0 bridgehead atoms. The number of para-hydroxylation sites is 1. The summed E-state index contributed by atoms with van der Waals surface area (Å²) in [7, 11) is 1.72. The van der Waals surface area contributed by atoms with E-state index in [2.05, 4.69) is 20.6 Å². The quantitative estimate of drug-likeness (QED) is 0.632. The molecule has 1 saturated heterocycles. The van der Waals surface area contributed by atoms with E-state index in [4.69, 9.17) is 4.74 Å². The topological polar surface area (TPSA) is 94.3 Å². The monoisotopic (exact) mass is 416 g/mol. The molecule has 2 heterocycles. The van der Waals surface area contributed by atoms with Gasteiger partial charge in [-0.15, -0.1) is 0 Å². The minimum Gasteiger partial charge on any atom is -0.384 e. The number of tetrazole rings is 1. The van der Waals surface area contributed by atoms with Gasteiger partial charge in [0.1, 0.15) is 0 Å². The van der Waals surface area contributed by atoms with Crippen LogP contribution in [-0.2, 0) is 22.6 Å². The predicted molar refractivity (Wildman–Crippen MR) is 114 cm³/mol. The zero-order valence-electron chi connectivity index (χ0n) is 17.9. The summed E-state index contributed by atoms with van der Waals surface area (Å²) in [5.41, 5.74) is 0.683. The SMILES string of the molecule is CCn1nnn(CCN2CCC(CCC(=O)Nc3ccccc3)(COC)CC2)c1=O. The Kier molecular flexibility index (Phi) is 7.75. The van der Waals surface area contributed by atoms with Gasteiger partial charge in [0.2, 0.25) is 5.91 Å². The minimum atomic E-state index is -0.160. The van der Waals surface area contributed by atoms with Gasteiger partial charge >= 0.3 is 5.69 Å². The average Bonchev–Trinajstić information content (AvgIpc) is 3.12. The fraction of sp³-hybridized carbons (Fsp3) is 0.619. The number of ether oxygens (including phenoxy) is 1. The second-order valence-electron chi connectivity index (χ2n) is 7.99. The van der Waals surface area contributed by atoms with Gasteiger partial charge in [-0.2, -0.15) is 9.36 Å². The minimum absolute atomic E-state index is 0.0153. The van der Waals surface area contributed by atoms with Crippen LogP contribution in [0.1, 0.15) is 32.6 Å². The van der Waals surface area contributed by atoms with Crippen molar-refractivity contribution in [3.8, 4) is 0 Å². The smallest absolute Gasteiger partial charge is 0.363 e. The van der Waals surface area contributed by atoms with E-state index >= 15 is 0 Å². The highest BCUT2D eigenvalue weighted by Gasteiger charge is 2.35. The maximum absolute atomic E-state index is 12.4. The van der Waals surface area contributed by atoms with E-state index in [1.165, 1.54) is 9.36 Å². The molecule has 2 aromatic rings. The van der Waals surface area contributed by atoms with Crippen molar-refractivity contribution in [1.29, 1.82) is 0 Å². The number of hydrogen-bond acceptors (Lipinski definition) is 6. The predicted octanol–water partition coefficient (Wildman–Crippen LogP) is 1.61. The first kappa shape index (κ1) is 22.2. The lowest BCUT2D eigenvalue weighted by molar-refractivity contribution is -0.117. The molecule has 1 aliphatic rings. The Morgan fingerprint density at radius 2 is 1.83 bits per heavy atom. The highest BCUT2D eigenvalue weighted by Crippen LogP contribution is 2.36. The van der Waals surface area contributed by atoms with Crippen molar-refractivity contribution in [2.24, 2.45) is 5.41 Å². The highest BCUT2D eigenvalue weighted by atomic mass is 16.5. The molecule has 164 valence electrons. The molecule has 0 spiro atoms. The zero-order chi connectivity index (χ0) is 21.4. The van der Waals surface area contributed by atoms with Gasteiger partial charge in [0.05, 0.1) is 13.2 Å². The number of carbonyl (C=O) groups excluding carboxylic acids is 1. The van der Waals surface area contributed by atoms with Gasteiger partial charge in [-0.05, 0) is 67.3 Å². The van der Waals surface area contributed by atoms with Crippen LogP contribution in [0.25, 0.3) is 0 Å². The molecule has 0 unspecified atom stereocenters. The normalized spacial score (nSPS) is 16.5. The van der Waals surface area contributed by atoms with Crippen LogP contribution >= 0.6 is 0 Å². The summed E-state index contributed by atoms with van der Waals surface area (Å²) in [6, 6.07) is 9.54. The average molecular weight is 417 g/mol. The van der Waals surface area contributed by atoms with Crippen LogP contribution in [0.5, 0.6) is 0 Å². The van der Waals surface area contributed by atoms with Crippen LogP contribution in [0, 0.1) is 5.41 Å². The zero-order valence-corrected chi connectivity index (χ0v) is 17.9. The third-order valence-corrected chi connectivity index (χ3v) is 5.93. The van der Waals surface area contributed by atoms with Crippen LogP contribution < -0.4 is 11.0 Å². The van der Waals surface area contributed by atoms with Crippen molar-refractivity contribution in [3.05, 3.63) is 40.8 Å². The number of nitrogens with zero attached hydrogens (tertiary/aromatic N) is 5. The van der Waals surface area contributed by atoms with Gasteiger partial charge in [-0.3, -0.25) is 4.79 Å². The summed E-state index contributed by atoms with van der Waals surface area (Å²) in [5.74, 6) is 0.0393. The van der Waals surface area contributed by atoms with Gasteiger partial charge in [0.15, 0.2) is 0 Å². The van der Waals surface area contributed by atoms with Crippen molar-refractivity contribution in [2.75, 3.05) is 38.7 Å². The van der Waals surface area contributed by atoms with Crippen molar-refractivity contribution in [1.82, 2.24) is 24.7 Å².